The number of benzene rings is 2. The molecule has 0 saturated heterocycles. The maximum absolute atomic E-state index is 12.3. The molecule has 2 rings (SSSR count). The summed E-state index contributed by atoms with van der Waals surface area (Å²) in [5.74, 6) is 0. The van der Waals surface area contributed by atoms with Gasteiger partial charge in [0.2, 0.25) is 10.0 Å². The summed E-state index contributed by atoms with van der Waals surface area (Å²) >= 11 is 3.37. The van der Waals surface area contributed by atoms with Crippen LogP contribution in [-0.2, 0) is 27.9 Å². The van der Waals surface area contributed by atoms with Crippen molar-refractivity contribution >= 4 is 26.0 Å². The number of aryl methyl sites for hydroxylation is 1. The SMILES string of the molecule is COCc1cccc(CNS(=O)(=O)c2ccc(Br)c(C)c2)c1. The lowest BCUT2D eigenvalue weighted by Crippen LogP contribution is -2.23. The van der Waals surface area contributed by atoms with Crippen LogP contribution in [-0.4, -0.2) is 15.5 Å². The van der Waals surface area contributed by atoms with E-state index in [9.17, 15) is 8.42 Å². The summed E-state index contributed by atoms with van der Waals surface area (Å²) in [7, 11) is -1.89. The molecule has 22 heavy (non-hydrogen) atoms. The third kappa shape index (κ3) is 4.39. The van der Waals surface area contributed by atoms with Crippen LogP contribution < -0.4 is 4.72 Å². The van der Waals surface area contributed by atoms with Gasteiger partial charge < -0.3 is 4.74 Å². The van der Waals surface area contributed by atoms with Crippen LogP contribution in [0.5, 0.6) is 0 Å². The van der Waals surface area contributed by atoms with E-state index in [0.717, 1.165) is 21.2 Å². The molecule has 0 radical (unpaired) electrons. The first-order valence-corrected chi connectivity index (χ1v) is 9.02. The van der Waals surface area contributed by atoms with Crippen LogP contribution in [0.15, 0.2) is 51.8 Å². The summed E-state index contributed by atoms with van der Waals surface area (Å²) in [4.78, 5) is 0.265. The van der Waals surface area contributed by atoms with Gasteiger partial charge in [0.25, 0.3) is 0 Å². The number of hydrogen-bond donors (Lipinski definition) is 1. The zero-order valence-corrected chi connectivity index (χ0v) is 14.9. The fourth-order valence-electron chi connectivity index (χ4n) is 2.04. The Morgan fingerprint density at radius 3 is 2.55 bits per heavy atom. The van der Waals surface area contributed by atoms with E-state index in [1.165, 1.54) is 0 Å². The van der Waals surface area contributed by atoms with Crippen LogP contribution in [0.3, 0.4) is 0 Å². The van der Waals surface area contributed by atoms with Gasteiger partial charge in [-0.3, -0.25) is 0 Å². The van der Waals surface area contributed by atoms with Gasteiger partial charge in [0.1, 0.15) is 0 Å². The normalized spacial score (nSPS) is 11.6. The molecule has 4 nitrogen and oxygen atoms in total. The standard InChI is InChI=1S/C16H18BrNO3S/c1-12-8-15(6-7-16(12)17)22(19,20)18-10-13-4-3-5-14(9-13)11-21-2/h3-9,18H,10-11H2,1-2H3. The van der Waals surface area contributed by atoms with E-state index in [4.69, 9.17) is 4.74 Å². The Kier molecular flexibility index (Phi) is 5.74. The first-order valence-electron chi connectivity index (χ1n) is 6.75. The van der Waals surface area contributed by atoms with Crippen molar-refractivity contribution in [2.75, 3.05) is 7.11 Å². The Hall–Kier alpha value is -1.21. The molecule has 0 atom stereocenters. The minimum atomic E-state index is -3.52. The molecule has 0 unspecified atom stereocenters. The first kappa shape index (κ1) is 17.1. The molecule has 2 aromatic carbocycles. The van der Waals surface area contributed by atoms with Gasteiger partial charge in [-0.15, -0.1) is 0 Å². The molecule has 0 aromatic heterocycles. The minimum absolute atomic E-state index is 0.245. The quantitative estimate of drug-likeness (QED) is 0.831. The second-order valence-corrected chi connectivity index (χ2v) is 7.61. The lowest BCUT2D eigenvalue weighted by molar-refractivity contribution is 0.185. The monoisotopic (exact) mass is 383 g/mol. The highest BCUT2D eigenvalue weighted by Gasteiger charge is 2.14. The molecule has 0 spiro atoms. The molecule has 2 aromatic rings. The Labute approximate surface area is 139 Å². The molecule has 6 heteroatoms. The molecule has 0 aliphatic heterocycles. The Balaban J connectivity index is 2.12. The van der Waals surface area contributed by atoms with Crippen molar-refractivity contribution in [2.24, 2.45) is 0 Å². The number of nitrogens with one attached hydrogen (secondary N) is 1. The second kappa shape index (κ2) is 7.37. The van der Waals surface area contributed by atoms with E-state index in [1.807, 2.05) is 31.2 Å². The molecular formula is C16H18BrNO3S. The van der Waals surface area contributed by atoms with Gasteiger partial charge in [0.05, 0.1) is 11.5 Å². The highest BCUT2D eigenvalue weighted by molar-refractivity contribution is 9.10. The van der Waals surface area contributed by atoms with Gasteiger partial charge in [-0.2, -0.15) is 0 Å². The van der Waals surface area contributed by atoms with Gasteiger partial charge in [0.15, 0.2) is 0 Å². The highest BCUT2D eigenvalue weighted by atomic mass is 79.9. The molecule has 0 heterocycles. The van der Waals surface area contributed by atoms with Crippen LogP contribution in [0.4, 0.5) is 0 Å². The fraction of sp³-hybridized carbons (Fsp3) is 0.250. The van der Waals surface area contributed by atoms with E-state index in [2.05, 4.69) is 20.7 Å². The number of halogens is 1. The van der Waals surface area contributed by atoms with Crippen molar-refractivity contribution in [3.63, 3.8) is 0 Å². The van der Waals surface area contributed by atoms with E-state index in [1.54, 1.807) is 25.3 Å². The molecular weight excluding hydrogens is 366 g/mol. The number of methoxy groups -OCH3 is 1. The number of hydrogen-bond acceptors (Lipinski definition) is 3. The zero-order valence-electron chi connectivity index (χ0n) is 12.5. The summed E-state index contributed by atoms with van der Waals surface area (Å²) in [5.41, 5.74) is 2.79. The van der Waals surface area contributed by atoms with Crippen LogP contribution in [0, 0.1) is 6.92 Å². The van der Waals surface area contributed by atoms with Crippen molar-refractivity contribution in [3.05, 3.63) is 63.6 Å². The predicted molar refractivity (Wildman–Crippen MR) is 90.1 cm³/mol. The summed E-state index contributed by atoms with van der Waals surface area (Å²) < 4.78 is 33.2. The third-order valence-corrected chi connectivity index (χ3v) is 5.50. The highest BCUT2D eigenvalue weighted by Crippen LogP contribution is 2.20. The topological polar surface area (TPSA) is 55.4 Å². The third-order valence-electron chi connectivity index (χ3n) is 3.21. The molecule has 1 N–H and O–H groups in total. The number of ether oxygens (including phenoxy) is 1. The molecule has 0 fully saturated rings. The molecule has 0 bridgehead atoms. The van der Waals surface area contributed by atoms with E-state index >= 15 is 0 Å². The maximum atomic E-state index is 12.3. The van der Waals surface area contributed by atoms with Crippen LogP contribution in [0.2, 0.25) is 0 Å². The van der Waals surface area contributed by atoms with Crippen molar-refractivity contribution in [2.45, 2.75) is 25.0 Å². The summed E-state index contributed by atoms with van der Waals surface area (Å²) in [5, 5.41) is 0. The van der Waals surface area contributed by atoms with E-state index < -0.39 is 10.0 Å². The van der Waals surface area contributed by atoms with Gasteiger partial charge in [0, 0.05) is 18.1 Å². The van der Waals surface area contributed by atoms with Crippen molar-refractivity contribution in [3.8, 4) is 0 Å². The van der Waals surface area contributed by atoms with Gasteiger partial charge in [-0.1, -0.05) is 40.2 Å². The summed E-state index contributed by atoms with van der Waals surface area (Å²) in [6.45, 7) is 2.61. The molecule has 118 valence electrons. The average molecular weight is 384 g/mol. The van der Waals surface area contributed by atoms with Gasteiger partial charge in [-0.05, 0) is 41.8 Å². The van der Waals surface area contributed by atoms with Crippen LogP contribution in [0.1, 0.15) is 16.7 Å². The Morgan fingerprint density at radius 1 is 1.14 bits per heavy atom. The zero-order chi connectivity index (χ0) is 16.2. The summed E-state index contributed by atoms with van der Waals surface area (Å²) in [6, 6.07) is 12.6. The predicted octanol–water partition coefficient (Wildman–Crippen LogP) is 3.38. The van der Waals surface area contributed by atoms with Gasteiger partial charge in [-0.25, -0.2) is 13.1 Å². The molecule has 0 saturated carbocycles. The largest absolute Gasteiger partial charge is 0.380 e. The first-order chi connectivity index (χ1) is 10.4. The Bertz CT molecular complexity index is 760. The smallest absolute Gasteiger partial charge is 0.240 e. The number of rotatable bonds is 6. The lowest BCUT2D eigenvalue weighted by Gasteiger charge is -2.09. The lowest BCUT2D eigenvalue weighted by atomic mass is 10.1. The molecule has 0 amide bonds. The van der Waals surface area contributed by atoms with E-state index in [0.29, 0.717) is 6.61 Å². The average Bonchev–Trinajstić information content (AvgIpc) is 2.49. The minimum Gasteiger partial charge on any atom is -0.380 e. The molecule has 0 aliphatic carbocycles. The molecule has 0 aliphatic rings. The van der Waals surface area contributed by atoms with E-state index in [-0.39, 0.29) is 11.4 Å². The van der Waals surface area contributed by atoms with Crippen molar-refractivity contribution in [1.29, 1.82) is 0 Å². The van der Waals surface area contributed by atoms with Crippen LogP contribution in [0.25, 0.3) is 0 Å². The maximum Gasteiger partial charge on any atom is 0.240 e. The fourth-order valence-corrected chi connectivity index (χ4v) is 3.39. The van der Waals surface area contributed by atoms with Crippen molar-refractivity contribution in [1.82, 2.24) is 4.72 Å². The summed E-state index contributed by atoms with van der Waals surface area (Å²) in [6.07, 6.45) is 0. The van der Waals surface area contributed by atoms with Crippen molar-refractivity contribution < 1.29 is 13.2 Å². The van der Waals surface area contributed by atoms with Crippen LogP contribution >= 0.6 is 15.9 Å². The van der Waals surface area contributed by atoms with Gasteiger partial charge >= 0.3 is 0 Å². The second-order valence-electron chi connectivity index (χ2n) is 4.99. The Morgan fingerprint density at radius 2 is 1.86 bits per heavy atom. The number of sulfonamides is 1.